The highest BCUT2D eigenvalue weighted by Crippen LogP contribution is 2.27. The molecule has 0 fully saturated rings. The minimum absolute atomic E-state index is 0.0627. The van der Waals surface area contributed by atoms with Crippen molar-refractivity contribution in [2.45, 2.75) is 16.3 Å². The fraction of sp³-hybridized carbons (Fsp3) is 0.0370. The number of sulfone groups is 1. The maximum atomic E-state index is 13.3. The predicted molar refractivity (Wildman–Crippen MR) is 134 cm³/mol. The van der Waals surface area contributed by atoms with Gasteiger partial charge >= 0.3 is 5.69 Å². The van der Waals surface area contributed by atoms with Crippen LogP contribution in [0.15, 0.2) is 112 Å². The number of nitrogens with zero attached hydrogens (tertiary/aromatic N) is 1. The molecule has 0 aliphatic carbocycles. The van der Waals surface area contributed by atoms with E-state index in [2.05, 4.69) is 4.98 Å². The minimum Gasteiger partial charge on any atom is -0.366 e. The first-order valence-electron chi connectivity index (χ1n) is 10.9. The summed E-state index contributed by atoms with van der Waals surface area (Å²) >= 11 is 0. The van der Waals surface area contributed by atoms with Crippen molar-refractivity contribution in [2.24, 2.45) is 5.73 Å². The van der Waals surface area contributed by atoms with Crippen LogP contribution in [-0.4, -0.2) is 23.9 Å². The molecular formula is C27H21N3O4S. The molecule has 174 valence electrons. The highest BCUT2D eigenvalue weighted by Gasteiger charge is 2.23. The fourth-order valence-corrected chi connectivity index (χ4v) is 5.41. The van der Waals surface area contributed by atoms with E-state index in [0.29, 0.717) is 0 Å². The third-order valence-corrected chi connectivity index (χ3v) is 7.64. The number of primary amides is 1. The largest absolute Gasteiger partial charge is 0.366 e. The van der Waals surface area contributed by atoms with Gasteiger partial charge in [-0.1, -0.05) is 72.8 Å². The lowest BCUT2D eigenvalue weighted by atomic mass is 10.0. The number of aromatic nitrogens is 2. The maximum absolute atomic E-state index is 13.3. The van der Waals surface area contributed by atoms with Crippen LogP contribution in [0.1, 0.15) is 15.9 Å². The van der Waals surface area contributed by atoms with E-state index < -0.39 is 21.4 Å². The van der Waals surface area contributed by atoms with Gasteiger partial charge in [0.2, 0.25) is 9.84 Å². The number of nitrogens with two attached hydrogens (primary N) is 1. The molecular weight excluding hydrogens is 462 g/mol. The number of benzene rings is 4. The number of aromatic amines is 1. The van der Waals surface area contributed by atoms with Crippen LogP contribution >= 0.6 is 0 Å². The summed E-state index contributed by atoms with van der Waals surface area (Å²) in [5.74, 6) is -0.833. The van der Waals surface area contributed by atoms with Gasteiger partial charge in [0.25, 0.3) is 5.91 Å². The summed E-state index contributed by atoms with van der Waals surface area (Å²) in [6.07, 6.45) is 0. The van der Waals surface area contributed by atoms with Crippen LogP contribution in [-0.2, 0) is 16.4 Å². The zero-order valence-corrected chi connectivity index (χ0v) is 19.3. The molecule has 5 rings (SSSR count). The van der Waals surface area contributed by atoms with E-state index >= 15 is 0 Å². The molecule has 0 spiro atoms. The van der Waals surface area contributed by atoms with E-state index in [1.54, 1.807) is 18.2 Å². The Morgan fingerprint density at radius 3 is 2.03 bits per heavy atom. The Bertz CT molecular complexity index is 1700. The summed E-state index contributed by atoms with van der Waals surface area (Å²) in [5.41, 5.74) is 8.45. The number of carbonyl (C=O) groups excluding carboxylic acids is 1. The third-order valence-electron chi connectivity index (χ3n) is 5.89. The van der Waals surface area contributed by atoms with E-state index in [1.807, 2.05) is 54.6 Å². The topological polar surface area (TPSA) is 115 Å². The van der Waals surface area contributed by atoms with Crippen LogP contribution in [0, 0.1) is 0 Å². The van der Waals surface area contributed by atoms with Crippen molar-refractivity contribution in [1.82, 2.24) is 9.55 Å². The zero-order chi connectivity index (χ0) is 24.6. The van der Waals surface area contributed by atoms with Crippen molar-refractivity contribution in [3.05, 3.63) is 119 Å². The van der Waals surface area contributed by atoms with Gasteiger partial charge in [0.05, 0.1) is 32.9 Å². The summed E-state index contributed by atoms with van der Waals surface area (Å²) in [7, 11) is -3.94. The predicted octanol–water partition coefficient (Wildman–Crippen LogP) is 3.98. The Kier molecular flexibility index (Phi) is 5.58. The summed E-state index contributed by atoms with van der Waals surface area (Å²) in [6, 6.07) is 28.2. The first kappa shape index (κ1) is 22.4. The number of rotatable bonds is 6. The van der Waals surface area contributed by atoms with Crippen molar-refractivity contribution in [1.29, 1.82) is 0 Å². The van der Waals surface area contributed by atoms with Crippen molar-refractivity contribution >= 4 is 26.8 Å². The highest BCUT2D eigenvalue weighted by molar-refractivity contribution is 7.91. The Hall–Kier alpha value is -4.43. The number of amides is 1. The lowest BCUT2D eigenvalue weighted by Crippen LogP contribution is -2.17. The zero-order valence-electron chi connectivity index (χ0n) is 18.5. The maximum Gasteiger partial charge on any atom is 0.326 e. The van der Waals surface area contributed by atoms with Crippen molar-refractivity contribution < 1.29 is 13.2 Å². The normalized spacial score (nSPS) is 11.5. The summed E-state index contributed by atoms with van der Waals surface area (Å²) < 4.78 is 27.9. The van der Waals surface area contributed by atoms with Crippen LogP contribution in [0.5, 0.6) is 0 Å². The van der Waals surface area contributed by atoms with E-state index in [1.165, 1.54) is 28.8 Å². The van der Waals surface area contributed by atoms with Crippen molar-refractivity contribution in [3.8, 4) is 11.1 Å². The quantitative estimate of drug-likeness (QED) is 0.380. The Balaban J connectivity index is 1.61. The molecule has 0 saturated carbocycles. The van der Waals surface area contributed by atoms with Gasteiger partial charge in [-0.3, -0.25) is 9.36 Å². The number of nitrogens with one attached hydrogen (secondary N) is 1. The SMILES string of the molecule is NC(=O)c1cc(S(=O)(=O)c2ccccc2)cc2c1[nH]c(=O)n2Cc1ccc(-c2ccccc2)cc1. The average Bonchev–Trinajstić information content (AvgIpc) is 3.19. The lowest BCUT2D eigenvalue weighted by Gasteiger charge is -2.10. The highest BCUT2D eigenvalue weighted by atomic mass is 32.2. The van der Waals surface area contributed by atoms with Gasteiger partial charge in [0.1, 0.15) is 0 Å². The first-order chi connectivity index (χ1) is 16.8. The van der Waals surface area contributed by atoms with Crippen molar-refractivity contribution in [3.63, 3.8) is 0 Å². The molecule has 1 heterocycles. The van der Waals surface area contributed by atoms with Crippen LogP contribution in [0.4, 0.5) is 0 Å². The van der Waals surface area contributed by atoms with Gasteiger partial charge in [-0.05, 0) is 41.0 Å². The van der Waals surface area contributed by atoms with Gasteiger partial charge in [-0.2, -0.15) is 0 Å². The Morgan fingerprint density at radius 2 is 1.40 bits per heavy atom. The number of H-pyrrole nitrogens is 1. The molecule has 8 heteroatoms. The van der Waals surface area contributed by atoms with Gasteiger partial charge in [0.15, 0.2) is 0 Å². The second-order valence-electron chi connectivity index (χ2n) is 8.12. The molecule has 5 aromatic rings. The molecule has 1 aromatic heterocycles. The van der Waals surface area contributed by atoms with E-state index in [9.17, 15) is 18.0 Å². The smallest absolute Gasteiger partial charge is 0.326 e. The average molecular weight is 484 g/mol. The fourth-order valence-electron chi connectivity index (χ4n) is 4.09. The Morgan fingerprint density at radius 1 is 0.800 bits per heavy atom. The molecule has 0 aliphatic heterocycles. The molecule has 0 saturated heterocycles. The van der Waals surface area contributed by atoms with Gasteiger partial charge in [-0.15, -0.1) is 0 Å². The summed E-state index contributed by atoms with van der Waals surface area (Å²) in [4.78, 5) is 27.7. The van der Waals surface area contributed by atoms with Crippen LogP contribution in [0.2, 0.25) is 0 Å². The minimum atomic E-state index is -3.94. The van der Waals surface area contributed by atoms with Gasteiger partial charge in [-0.25, -0.2) is 13.2 Å². The molecule has 1 amide bonds. The molecule has 35 heavy (non-hydrogen) atoms. The monoisotopic (exact) mass is 483 g/mol. The number of hydrogen-bond donors (Lipinski definition) is 2. The summed E-state index contributed by atoms with van der Waals surface area (Å²) in [5, 5.41) is 0. The number of carbonyl (C=O) groups is 1. The van der Waals surface area contributed by atoms with E-state index in [-0.39, 0.29) is 32.9 Å². The molecule has 3 N–H and O–H groups in total. The molecule has 0 bridgehead atoms. The molecule has 0 atom stereocenters. The van der Waals surface area contributed by atoms with Gasteiger partial charge < -0.3 is 10.7 Å². The molecule has 4 aromatic carbocycles. The molecule has 0 radical (unpaired) electrons. The third kappa shape index (κ3) is 4.15. The van der Waals surface area contributed by atoms with Crippen molar-refractivity contribution in [2.75, 3.05) is 0 Å². The standard InChI is InChI=1S/C27H21N3O4S/c28-26(31)23-15-22(35(33,34)21-9-5-2-6-10-21)16-24-25(23)29-27(32)30(24)17-18-11-13-20(14-12-18)19-7-3-1-4-8-19/h1-16H,17H2,(H2,28,31)(H,29,32). The second kappa shape index (κ2) is 8.73. The van der Waals surface area contributed by atoms with Crippen LogP contribution < -0.4 is 11.4 Å². The lowest BCUT2D eigenvalue weighted by molar-refractivity contribution is 0.100. The first-order valence-corrected chi connectivity index (χ1v) is 12.3. The molecule has 7 nitrogen and oxygen atoms in total. The number of hydrogen-bond acceptors (Lipinski definition) is 4. The van der Waals surface area contributed by atoms with Gasteiger partial charge in [0, 0.05) is 0 Å². The van der Waals surface area contributed by atoms with E-state index in [4.69, 9.17) is 5.73 Å². The Labute approximate surface area is 201 Å². The van der Waals surface area contributed by atoms with Crippen LogP contribution in [0.3, 0.4) is 0 Å². The summed E-state index contributed by atoms with van der Waals surface area (Å²) in [6.45, 7) is 0.181. The number of imidazole rings is 1. The van der Waals surface area contributed by atoms with E-state index in [0.717, 1.165) is 16.7 Å². The second-order valence-corrected chi connectivity index (χ2v) is 10.1. The molecule has 0 aliphatic rings. The number of fused-ring (bicyclic) bond motifs is 1. The van der Waals surface area contributed by atoms with Crippen LogP contribution in [0.25, 0.3) is 22.2 Å². The molecule has 0 unspecified atom stereocenters.